The molecule has 1 aliphatic heterocycles. The van der Waals surface area contributed by atoms with Crippen molar-refractivity contribution >= 4 is 11.4 Å². The number of nitrogens with zero attached hydrogens (tertiary/aromatic N) is 2. The summed E-state index contributed by atoms with van der Waals surface area (Å²) in [6.45, 7) is 6.01. The lowest BCUT2D eigenvalue weighted by Gasteiger charge is -2.25. The van der Waals surface area contributed by atoms with Crippen molar-refractivity contribution in [2.24, 2.45) is 7.05 Å². The van der Waals surface area contributed by atoms with Gasteiger partial charge in [-0.2, -0.15) is 0 Å². The van der Waals surface area contributed by atoms with E-state index in [4.69, 9.17) is 0 Å². The zero-order chi connectivity index (χ0) is 16.4. The van der Waals surface area contributed by atoms with Crippen molar-refractivity contribution in [3.05, 3.63) is 32.5 Å². The third-order valence-corrected chi connectivity index (χ3v) is 4.06. The van der Waals surface area contributed by atoms with Crippen LogP contribution >= 0.6 is 0 Å². The summed E-state index contributed by atoms with van der Waals surface area (Å²) in [5, 5.41) is 12.5. The van der Waals surface area contributed by atoms with Crippen LogP contribution in [0.3, 0.4) is 0 Å². The topological polar surface area (TPSA) is 76.3 Å². The molecule has 0 spiro atoms. The number of fused-ring (bicyclic) bond motifs is 1. The molecule has 0 fully saturated rings. The van der Waals surface area contributed by atoms with Gasteiger partial charge >= 0.3 is 5.69 Å². The second-order valence-electron chi connectivity index (χ2n) is 6.15. The van der Waals surface area contributed by atoms with Crippen LogP contribution in [-0.2, 0) is 13.6 Å². The van der Waals surface area contributed by atoms with Gasteiger partial charge in [-0.05, 0) is 45.6 Å². The summed E-state index contributed by atoms with van der Waals surface area (Å²) in [5.41, 5.74) is 0.953. The lowest BCUT2D eigenvalue weighted by atomic mass is 10.0. The monoisotopic (exact) mass is 307 g/mol. The predicted molar refractivity (Wildman–Crippen MR) is 88.2 cm³/mol. The van der Waals surface area contributed by atoms with Crippen LogP contribution in [0.15, 0.2) is 15.7 Å². The van der Waals surface area contributed by atoms with E-state index in [-0.39, 0.29) is 23.4 Å². The van der Waals surface area contributed by atoms with Gasteiger partial charge in [-0.15, -0.1) is 0 Å². The maximum absolute atomic E-state index is 12.7. The molecule has 1 aliphatic rings. The molecular formula is C16H25N3O3. The summed E-state index contributed by atoms with van der Waals surface area (Å²) in [6.07, 6.45) is 3.81. The standard InChI is InChI=1S/C16H25N3O3/c1-10-9-11(2)17-14-13(10)15(21)19(16(22)18(14)4)8-6-5-7-12(3)20/h9,11-12,17,20H,5-8H2,1-4H3/t11?,12-/m1/s1. The van der Waals surface area contributed by atoms with E-state index in [1.807, 2.05) is 19.9 Å². The summed E-state index contributed by atoms with van der Waals surface area (Å²) in [5.74, 6) is 0.600. The summed E-state index contributed by atoms with van der Waals surface area (Å²) in [6, 6.07) is 0.0967. The molecule has 6 heteroatoms. The maximum Gasteiger partial charge on any atom is 0.332 e. The number of aromatic nitrogens is 2. The quantitative estimate of drug-likeness (QED) is 0.804. The molecule has 0 amide bonds. The van der Waals surface area contributed by atoms with Gasteiger partial charge in [0.05, 0.1) is 11.7 Å². The van der Waals surface area contributed by atoms with Crippen molar-refractivity contribution in [1.82, 2.24) is 9.13 Å². The highest BCUT2D eigenvalue weighted by atomic mass is 16.3. The van der Waals surface area contributed by atoms with Gasteiger partial charge in [0.25, 0.3) is 5.56 Å². The van der Waals surface area contributed by atoms with Gasteiger partial charge in [0.2, 0.25) is 0 Å². The highest BCUT2D eigenvalue weighted by Gasteiger charge is 2.22. The van der Waals surface area contributed by atoms with Gasteiger partial charge in [0, 0.05) is 19.6 Å². The molecule has 2 heterocycles. The summed E-state index contributed by atoms with van der Waals surface area (Å²) in [7, 11) is 1.69. The van der Waals surface area contributed by atoms with Crippen LogP contribution in [0.25, 0.3) is 5.57 Å². The first kappa shape index (κ1) is 16.5. The molecule has 0 saturated carbocycles. The van der Waals surface area contributed by atoms with E-state index >= 15 is 0 Å². The third-order valence-electron chi connectivity index (χ3n) is 4.06. The van der Waals surface area contributed by atoms with Gasteiger partial charge < -0.3 is 10.4 Å². The number of rotatable bonds is 5. The fourth-order valence-electron chi connectivity index (χ4n) is 2.91. The van der Waals surface area contributed by atoms with E-state index in [9.17, 15) is 14.7 Å². The summed E-state index contributed by atoms with van der Waals surface area (Å²) < 4.78 is 2.81. The zero-order valence-electron chi connectivity index (χ0n) is 13.7. The third kappa shape index (κ3) is 3.16. The second kappa shape index (κ2) is 6.52. The van der Waals surface area contributed by atoms with E-state index < -0.39 is 0 Å². The highest BCUT2D eigenvalue weighted by molar-refractivity contribution is 5.76. The molecule has 0 saturated heterocycles. The first-order chi connectivity index (χ1) is 10.3. The average molecular weight is 307 g/mol. The summed E-state index contributed by atoms with van der Waals surface area (Å²) >= 11 is 0. The van der Waals surface area contributed by atoms with Crippen molar-refractivity contribution in [1.29, 1.82) is 0 Å². The number of aliphatic hydroxyl groups is 1. The number of allylic oxidation sites excluding steroid dienone is 1. The minimum atomic E-state index is -0.348. The van der Waals surface area contributed by atoms with Gasteiger partial charge in [-0.3, -0.25) is 13.9 Å². The molecule has 1 unspecified atom stereocenters. The predicted octanol–water partition coefficient (Wildman–Crippen LogP) is 1.32. The molecule has 22 heavy (non-hydrogen) atoms. The van der Waals surface area contributed by atoms with Crippen LogP contribution in [0.5, 0.6) is 0 Å². The molecule has 0 radical (unpaired) electrons. The van der Waals surface area contributed by atoms with Crippen LogP contribution in [0.4, 0.5) is 5.82 Å². The Morgan fingerprint density at radius 3 is 2.68 bits per heavy atom. The van der Waals surface area contributed by atoms with E-state index in [1.54, 1.807) is 14.0 Å². The normalized spacial score (nSPS) is 18.4. The molecule has 122 valence electrons. The van der Waals surface area contributed by atoms with E-state index in [2.05, 4.69) is 5.32 Å². The number of aliphatic hydroxyl groups excluding tert-OH is 1. The van der Waals surface area contributed by atoms with Crippen molar-refractivity contribution in [2.45, 2.75) is 58.7 Å². The van der Waals surface area contributed by atoms with Crippen LogP contribution in [0.1, 0.15) is 45.6 Å². The van der Waals surface area contributed by atoms with Gasteiger partial charge in [0.15, 0.2) is 0 Å². The SMILES string of the molecule is CC1=CC(C)Nc2c1c(=O)n(CCCC[C@@H](C)O)c(=O)n2C. The smallest absolute Gasteiger partial charge is 0.332 e. The van der Waals surface area contributed by atoms with Crippen LogP contribution in [0.2, 0.25) is 0 Å². The number of hydrogen-bond acceptors (Lipinski definition) is 4. The lowest BCUT2D eigenvalue weighted by Crippen LogP contribution is -2.43. The highest BCUT2D eigenvalue weighted by Crippen LogP contribution is 2.24. The van der Waals surface area contributed by atoms with Gasteiger partial charge in [-0.1, -0.05) is 6.08 Å². The first-order valence-electron chi connectivity index (χ1n) is 7.80. The second-order valence-corrected chi connectivity index (χ2v) is 6.15. The van der Waals surface area contributed by atoms with E-state index in [1.165, 1.54) is 9.13 Å². The zero-order valence-corrected chi connectivity index (χ0v) is 13.7. The molecule has 2 atom stereocenters. The Morgan fingerprint density at radius 1 is 1.36 bits per heavy atom. The molecule has 0 aromatic carbocycles. The molecule has 0 aliphatic carbocycles. The first-order valence-corrected chi connectivity index (χ1v) is 7.80. The van der Waals surface area contributed by atoms with Gasteiger partial charge in [-0.25, -0.2) is 4.79 Å². The molecule has 2 N–H and O–H groups in total. The van der Waals surface area contributed by atoms with E-state index in [0.29, 0.717) is 30.8 Å². The Balaban J connectivity index is 2.37. The fourth-order valence-corrected chi connectivity index (χ4v) is 2.91. The lowest BCUT2D eigenvalue weighted by molar-refractivity contribution is 0.180. The Morgan fingerprint density at radius 2 is 2.05 bits per heavy atom. The number of nitrogens with one attached hydrogen (secondary N) is 1. The average Bonchev–Trinajstić information content (AvgIpc) is 2.43. The minimum absolute atomic E-state index is 0.0967. The van der Waals surface area contributed by atoms with E-state index in [0.717, 1.165) is 12.0 Å². The molecule has 1 aromatic rings. The van der Waals surface area contributed by atoms with Crippen LogP contribution in [0, 0.1) is 0 Å². The van der Waals surface area contributed by atoms with Crippen LogP contribution in [-0.4, -0.2) is 26.4 Å². The Labute approximate surface area is 130 Å². The van der Waals surface area contributed by atoms with Crippen molar-refractivity contribution in [2.75, 3.05) is 5.32 Å². The minimum Gasteiger partial charge on any atom is -0.393 e. The molecular weight excluding hydrogens is 282 g/mol. The van der Waals surface area contributed by atoms with Crippen molar-refractivity contribution in [3.63, 3.8) is 0 Å². The Hall–Kier alpha value is -1.82. The molecule has 6 nitrogen and oxygen atoms in total. The number of hydrogen-bond donors (Lipinski definition) is 2. The maximum atomic E-state index is 12.7. The molecule has 0 bridgehead atoms. The number of unbranched alkanes of at least 4 members (excludes halogenated alkanes) is 1. The Kier molecular flexibility index (Phi) is 4.90. The Bertz CT molecular complexity index is 698. The molecule has 1 aromatic heterocycles. The van der Waals surface area contributed by atoms with Crippen molar-refractivity contribution < 1.29 is 5.11 Å². The fraction of sp³-hybridized carbons (Fsp3) is 0.625. The number of anilines is 1. The largest absolute Gasteiger partial charge is 0.393 e. The summed E-state index contributed by atoms with van der Waals surface area (Å²) in [4.78, 5) is 25.1. The van der Waals surface area contributed by atoms with Crippen molar-refractivity contribution in [3.8, 4) is 0 Å². The van der Waals surface area contributed by atoms with Crippen LogP contribution < -0.4 is 16.6 Å². The van der Waals surface area contributed by atoms with Gasteiger partial charge in [0.1, 0.15) is 5.82 Å². The molecule has 2 rings (SSSR count).